The summed E-state index contributed by atoms with van der Waals surface area (Å²) >= 11 is 0. The largest absolute Gasteiger partial charge is 0.464 e. The van der Waals surface area contributed by atoms with Gasteiger partial charge in [0.25, 0.3) is 0 Å². The zero-order chi connectivity index (χ0) is 13.8. The topological polar surface area (TPSA) is 78.6 Å². The fourth-order valence-corrected chi connectivity index (χ4v) is 2.38. The number of aromatic nitrogens is 1. The molecule has 19 heavy (non-hydrogen) atoms. The van der Waals surface area contributed by atoms with E-state index < -0.39 is 11.9 Å². The van der Waals surface area contributed by atoms with Gasteiger partial charge in [0.1, 0.15) is 0 Å². The monoisotopic (exact) mass is 267 g/mol. The molecule has 104 valence electrons. The van der Waals surface area contributed by atoms with E-state index in [1.165, 1.54) is 27.1 Å². The quantitative estimate of drug-likeness (QED) is 0.776. The van der Waals surface area contributed by atoms with Gasteiger partial charge >= 0.3 is 11.9 Å². The normalized spacial score (nSPS) is 15.5. The first kappa shape index (κ1) is 13.6. The zero-order valence-corrected chi connectivity index (χ0v) is 11.1. The minimum Gasteiger partial charge on any atom is -0.464 e. The van der Waals surface area contributed by atoms with Crippen LogP contribution in [0.15, 0.2) is 4.42 Å². The Morgan fingerprint density at radius 2 is 1.84 bits per heavy atom. The van der Waals surface area contributed by atoms with E-state index in [0.29, 0.717) is 18.2 Å². The third-order valence-electron chi connectivity index (χ3n) is 3.36. The molecule has 1 aliphatic carbocycles. The van der Waals surface area contributed by atoms with Crippen molar-refractivity contribution in [1.29, 1.82) is 0 Å². The van der Waals surface area contributed by atoms with Crippen LogP contribution in [-0.2, 0) is 15.9 Å². The number of ether oxygens (including phenoxy) is 2. The van der Waals surface area contributed by atoms with E-state index >= 15 is 0 Å². The number of methoxy groups -OCH3 is 2. The molecule has 6 heteroatoms. The predicted molar refractivity (Wildman–Crippen MR) is 64.8 cm³/mol. The highest BCUT2D eigenvalue weighted by molar-refractivity contribution is 5.99. The van der Waals surface area contributed by atoms with Crippen LogP contribution >= 0.6 is 0 Å². The maximum atomic E-state index is 11.6. The Bertz CT molecular complexity index is 440. The molecule has 0 radical (unpaired) electrons. The third-order valence-corrected chi connectivity index (χ3v) is 3.36. The second-order valence-corrected chi connectivity index (χ2v) is 4.62. The Morgan fingerprint density at radius 1 is 1.21 bits per heavy atom. The fourth-order valence-electron chi connectivity index (χ4n) is 2.38. The summed E-state index contributed by atoms with van der Waals surface area (Å²) in [6.45, 7) is 0. The molecule has 6 nitrogen and oxygen atoms in total. The number of rotatable bonds is 4. The Labute approximate surface area is 111 Å². The van der Waals surface area contributed by atoms with Crippen LogP contribution in [0.5, 0.6) is 0 Å². The van der Waals surface area contributed by atoms with Crippen molar-refractivity contribution in [3.05, 3.63) is 17.3 Å². The summed E-state index contributed by atoms with van der Waals surface area (Å²) < 4.78 is 14.5. The minimum atomic E-state index is -0.717. The lowest BCUT2D eigenvalue weighted by Gasteiger charge is -2.03. The van der Waals surface area contributed by atoms with Crippen LogP contribution in [0.4, 0.5) is 0 Å². The van der Waals surface area contributed by atoms with Gasteiger partial charge in [0.2, 0.25) is 11.5 Å². The van der Waals surface area contributed by atoms with Crippen LogP contribution in [0.25, 0.3) is 0 Å². The first-order chi connectivity index (χ1) is 9.15. The van der Waals surface area contributed by atoms with Crippen LogP contribution in [0.2, 0.25) is 0 Å². The molecule has 0 spiro atoms. The predicted octanol–water partition coefficient (Wildman–Crippen LogP) is 1.98. The van der Waals surface area contributed by atoms with E-state index in [0.717, 1.165) is 12.8 Å². The summed E-state index contributed by atoms with van der Waals surface area (Å²) in [5.74, 6) is -0.683. The average molecular weight is 267 g/mol. The summed E-state index contributed by atoms with van der Waals surface area (Å²) in [5.41, 5.74) is -0.109. The highest BCUT2D eigenvalue weighted by atomic mass is 16.5. The standard InChI is InChI=1S/C13H17NO5/c1-17-12(15)10-11(13(16)18-2)19-9(14-10)7-8-5-3-4-6-8/h8H,3-7H2,1-2H3. The van der Waals surface area contributed by atoms with Crippen LogP contribution in [0, 0.1) is 5.92 Å². The number of nitrogens with zero attached hydrogens (tertiary/aromatic N) is 1. The molecule has 1 fully saturated rings. The van der Waals surface area contributed by atoms with Crippen molar-refractivity contribution in [1.82, 2.24) is 4.98 Å². The van der Waals surface area contributed by atoms with Crippen molar-refractivity contribution in [3.8, 4) is 0 Å². The number of esters is 2. The zero-order valence-electron chi connectivity index (χ0n) is 11.1. The van der Waals surface area contributed by atoms with E-state index in [4.69, 9.17) is 4.42 Å². The molecule has 1 aromatic heterocycles. The van der Waals surface area contributed by atoms with E-state index in [1.54, 1.807) is 0 Å². The lowest BCUT2D eigenvalue weighted by molar-refractivity contribution is 0.0525. The molecule has 0 bridgehead atoms. The maximum Gasteiger partial charge on any atom is 0.376 e. The molecular formula is C13H17NO5. The highest BCUT2D eigenvalue weighted by Gasteiger charge is 2.28. The number of carbonyl (C=O) groups excluding carboxylic acids is 2. The Hall–Kier alpha value is -1.85. The van der Waals surface area contributed by atoms with Gasteiger partial charge in [0, 0.05) is 6.42 Å². The number of hydrogen-bond acceptors (Lipinski definition) is 6. The van der Waals surface area contributed by atoms with Crippen molar-refractivity contribution >= 4 is 11.9 Å². The van der Waals surface area contributed by atoms with Gasteiger partial charge in [0.15, 0.2) is 5.89 Å². The second kappa shape index (κ2) is 5.86. The van der Waals surface area contributed by atoms with Gasteiger partial charge in [-0.25, -0.2) is 14.6 Å². The molecule has 0 N–H and O–H groups in total. The fraction of sp³-hybridized carbons (Fsp3) is 0.615. The van der Waals surface area contributed by atoms with Crippen molar-refractivity contribution in [2.45, 2.75) is 32.1 Å². The first-order valence-electron chi connectivity index (χ1n) is 6.32. The molecular weight excluding hydrogens is 250 g/mol. The van der Waals surface area contributed by atoms with E-state index in [1.807, 2.05) is 0 Å². The summed E-state index contributed by atoms with van der Waals surface area (Å²) in [5, 5.41) is 0. The van der Waals surface area contributed by atoms with Crippen LogP contribution < -0.4 is 0 Å². The average Bonchev–Trinajstić information content (AvgIpc) is 3.07. The SMILES string of the molecule is COC(=O)c1nc(CC2CCCC2)oc1C(=O)OC. The molecule has 2 rings (SSSR count). The molecule has 1 heterocycles. The van der Waals surface area contributed by atoms with Gasteiger partial charge in [-0.2, -0.15) is 0 Å². The molecule has 1 saturated carbocycles. The molecule has 0 amide bonds. The number of carbonyl (C=O) groups is 2. The first-order valence-corrected chi connectivity index (χ1v) is 6.32. The van der Waals surface area contributed by atoms with Gasteiger partial charge in [-0.1, -0.05) is 12.8 Å². The molecule has 0 saturated heterocycles. The van der Waals surface area contributed by atoms with Crippen molar-refractivity contribution in [2.75, 3.05) is 14.2 Å². The number of hydrogen-bond donors (Lipinski definition) is 0. The molecule has 0 aliphatic heterocycles. The van der Waals surface area contributed by atoms with Gasteiger partial charge in [-0.05, 0) is 18.8 Å². The highest BCUT2D eigenvalue weighted by Crippen LogP contribution is 2.28. The second-order valence-electron chi connectivity index (χ2n) is 4.62. The Balaban J connectivity index is 2.22. The molecule has 0 aromatic carbocycles. The Kier molecular flexibility index (Phi) is 4.19. The van der Waals surface area contributed by atoms with Crippen LogP contribution in [0.1, 0.15) is 52.6 Å². The maximum absolute atomic E-state index is 11.6. The van der Waals surface area contributed by atoms with E-state index in [9.17, 15) is 9.59 Å². The van der Waals surface area contributed by atoms with E-state index in [2.05, 4.69) is 14.5 Å². The van der Waals surface area contributed by atoms with Crippen molar-refractivity contribution < 1.29 is 23.5 Å². The lowest BCUT2D eigenvalue weighted by Crippen LogP contribution is -2.10. The lowest BCUT2D eigenvalue weighted by atomic mass is 10.0. The van der Waals surface area contributed by atoms with Crippen LogP contribution in [-0.4, -0.2) is 31.1 Å². The van der Waals surface area contributed by atoms with Gasteiger partial charge in [0.05, 0.1) is 14.2 Å². The molecule has 0 unspecified atom stereocenters. The van der Waals surface area contributed by atoms with Crippen LogP contribution in [0.3, 0.4) is 0 Å². The molecule has 1 aliphatic rings. The van der Waals surface area contributed by atoms with Crippen molar-refractivity contribution in [2.24, 2.45) is 5.92 Å². The van der Waals surface area contributed by atoms with Gasteiger partial charge < -0.3 is 13.9 Å². The van der Waals surface area contributed by atoms with E-state index in [-0.39, 0.29) is 11.5 Å². The summed E-state index contributed by atoms with van der Waals surface area (Å²) in [6.07, 6.45) is 5.31. The third kappa shape index (κ3) is 2.94. The van der Waals surface area contributed by atoms with Gasteiger partial charge in [-0.3, -0.25) is 0 Å². The summed E-state index contributed by atoms with van der Waals surface area (Å²) in [6, 6.07) is 0. The van der Waals surface area contributed by atoms with Gasteiger partial charge in [-0.15, -0.1) is 0 Å². The smallest absolute Gasteiger partial charge is 0.376 e. The summed E-state index contributed by atoms with van der Waals surface area (Å²) in [4.78, 5) is 27.2. The number of oxazole rings is 1. The Morgan fingerprint density at radius 3 is 2.42 bits per heavy atom. The summed E-state index contributed by atoms with van der Waals surface area (Å²) in [7, 11) is 2.46. The molecule has 0 atom stereocenters. The minimum absolute atomic E-state index is 0.109. The van der Waals surface area contributed by atoms with Crippen molar-refractivity contribution in [3.63, 3.8) is 0 Å². The molecule has 1 aromatic rings.